The van der Waals surface area contributed by atoms with Crippen molar-refractivity contribution >= 4 is 11.9 Å². The minimum absolute atomic E-state index is 0.881. The predicted molar refractivity (Wildman–Crippen MR) is 83.6 cm³/mol. The van der Waals surface area contributed by atoms with E-state index in [0.29, 0.717) is 0 Å². The second kappa shape index (κ2) is 5.25. The van der Waals surface area contributed by atoms with Gasteiger partial charge >= 0.3 is 0 Å². The molecule has 6 nitrogen and oxygen atoms in total. The van der Waals surface area contributed by atoms with Crippen LogP contribution in [0.5, 0.6) is 0 Å². The number of pyridine rings is 1. The molecule has 0 saturated heterocycles. The smallest absolute Gasteiger partial charge is 0.141 e. The van der Waals surface area contributed by atoms with E-state index < -0.39 is 0 Å². The Kier molecular flexibility index (Phi) is 2.97. The maximum Gasteiger partial charge on any atom is 0.141 e. The molecule has 0 radical (unpaired) electrons. The lowest BCUT2D eigenvalue weighted by molar-refractivity contribution is 0.877. The van der Waals surface area contributed by atoms with Crippen molar-refractivity contribution in [2.75, 3.05) is 0 Å². The Labute approximate surface area is 126 Å². The van der Waals surface area contributed by atoms with Crippen LogP contribution in [-0.2, 0) is 0 Å². The van der Waals surface area contributed by atoms with E-state index in [1.165, 1.54) is 0 Å². The Morgan fingerprint density at radius 3 is 2.50 bits per heavy atom. The fourth-order valence-electron chi connectivity index (χ4n) is 2.32. The fraction of sp³-hybridized carbons (Fsp3) is 0. The quantitative estimate of drug-likeness (QED) is 0.544. The molecule has 0 aliphatic carbocycles. The van der Waals surface area contributed by atoms with Gasteiger partial charge in [0, 0.05) is 11.8 Å². The van der Waals surface area contributed by atoms with Crippen molar-refractivity contribution in [2.24, 2.45) is 5.10 Å². The maximum absolute atomic E-state index is 4.71. The predicted octanol–water partition coefficient (Wildman–Crippen LogP) is 2.48. The molecule has 1 aromatic carbocycles. The summed E-state index contributed by atoms with van der Waals surface area (Å²) in [6.45, 7) is 0. The molecule has 3 aromatic heterocycles. The van der Waals surface area contributed by atoms with E-state index in [4.69, 9.17) is 4.98 Å². The highest BCUT2D eigenvalue weighted by atomic mass is 15.4. The van der Waals surface area contributed by atoms with Gasteiger partial charge in [-0.3, -0.25) is 4.40 Å². The van der Waals surface area contributed by atoms with Gasteiger partial charge in [-0.25, -0.2) is 9.66 Å². The molecule has 0 saturated carbocycles. The minimum Gasteiger partial charge on any atom is -0.298 e. The summed E-state index contributed by atoms with van der Waals surface area (Å²) in [6.07, 6.45) is 6.83. The van der Waals surface area contributed by atoms with Crippen molar-refractivity contribution in [2.45, 2.75) is 0 Å². The largest absolute Gasteiger partial charge is 0.298 e. The molecule has 0 amide bonds. The third-order valence-electron chi connectivity index (χ3n) is 3.33. The highest BCUT2D eigenvalue weighted by Gasteiger charge is 2.11. The second-order valence-electron chi connectivity index (χ2n) is 4.73. The maximum atomic E-state index is 4.71. The summed E-state index contributed by atoms with van der Waals surface area (Å²) in [5.74, 6) is 0. The van der Waals surface area contributed by atoms with Gasteiger partial charge in [0.2, 0.25) is 0 Å². The molecule has 4 rings (SSSR count). The van der Waals surface area contributed by atoms with Crippen molar-refractivity contribution in [3.8, 4) is 11.3 Å². The molecular weight excluding hydrogens is 276 g/mol. The van der Waals surface area contributed by atoms with Crippen LogP contribution in [0.15, 0.2) is 72.5 Å². The molecule has 0 aliphatic heterocycles. The highest BCUT2D eigenvalue weighted by Crippen LogP contribution is 2.23. The Balaban J connectivity index is 1.90. The van der Waals surface area contributed by atoms with Crippen molar-refractivity contribution in [3.63, 3.8) is 0 Å². The molecule has 22 heavy (non-hydrogen) atoms. The number of aromatic nitrogens is 5. The van der Waals surface area contributed by atoms with E-state index in [2.05, 4.69) is 15.3 Å². The van der Waals surface area contributed by atoms with Crippen LogP contribution in [0, 0.1) is 0 Å². The zero-order valence-electron chi connectivity index (χ0n) is 11.6. The number of hydrogen-bond donors (Lipinski definition) is 0. The van der Waals surface area contributed by atoms with Gasteiger partial charge in [-0.1, -0.05) is 36.4 Å². The average Bonchev–Trinajstić information content (AvgIpc) is 3.21. The number of hydrogen-bond acceptors (Lipinski definition) is 4. The van der Waals surface area contributed by atoms with Crippen LogP contribution in [-0.4, -0.2) is 30.5 Å². The first-order chi connectivity index (χ1) is 10.9. The van der Waals surface area contributed by atoms with E-state index in [9.17, 15) is 0 Å². The van der Waals surface area contributed by atoms with Gasteiger partial charge in [0.25, 0.3) is 0 Å². The van der Waals surface area contributed by atoms with Crippen molar-refractivity contribution < 1.29 is 0 Å². The first-order valence-electron chi connectivity index (χ1n) is 6.83. The molecule has 106 valence electrons. The molecule has 0 unspecified atom stereocenters. The Bertz CT molecular complexity index is 922. The molecule has 0 fully saturated rings. The molecule has 0 atom stereocenters. The van der Waals surface area contributed by atoms with Crippen LogP contribution >= 0.6 is 0 Å². The topological polar surface area (TPSA) is 60.4 Å². The zero-order chi connectivity index (χ0) is 14.8. The molecule has 0 aliphatic rings. The summed E-state index contributed by atoms with van der Waals surface area (Å²) < 4.78 is 3.56. The minimum atomic E-state index is 0.881. The van der Waals surface area contributed by atoms with Crippen molar-refractivity contribution in [3.05, 3.63) is 73.1 Å². The van der Waals surface area contributed by atoms with Crippen LogP contribution in [0.3, 0.4) is 0 Å². The first-order valence-corrected chi connectivity index (χ1v) is 6.83. The molecule has 4 aromatic rings. The monoisotopic (exact) mass is 288 g/mol. The summed E-state index contributed by atoms with van der Waals surface area (Å²) in [6, 6.07) is 16.0. The van der Waals surface area contributed by atoms with Gasteiger partial charge < -0.3 is 0 Å². The normalized spacial score (nSPS) is 11.5. The van der Waals surface area contributed by atoms with Gasteiger partial charge in [0.15, 0.2) is 0 Å². The summed E-state index contributed by atoms with van der Waals surface area (Å²) in [5, 5.41) is 11.8. The van der Waals surface area contributed by atoms with Gasteiger partial charge in [-0.2, -0.15) is 5.10 Å². The lowest BCUT2D eigenvalue weighted by atomic mass is 10.1. The van der Waals surface area contributed by atoms with E-state index in [1.54, 1.807) is 23.5 Å². The number of imidazole rings is 1. The van der Waals surface area contributed by atoms with Crippen LogP contribution < -0.4 is 0 Å². The lowest BCUT2D eigenvalue weighted by Gasteiger charge is -2.00. The van der Waals surface area contributed by atoms with Crippen LogP contribution in [0.4, 0.5) is 0 Å². The molecule has 0 N–H and O–H groups in total. The fourth-order valence-corrected chi connectivity index (χ4v) is 2.32. The molecule has 6 heteroatoms. The number of fused-ring (bicyclic) bond motifs is 1. The summed E-state index contributed by atoms with van der Waals surface area (Å²) in [5.41, 5.74) is 3.74. The van der Waals surface area contributed by atoms with Crippen molar-refractivity contribution in [1.82, 2.24) is 24.3 Å². The van der Waals surface area contributed by atoms with Gasteiger partial charge in [0.1, 0.15) is 18.3 Å². The molecule has 0 bridgehead atoms. The van der Waals surface area contributed by atoms with E-state index in [0.717, 1.165) is 22.6 Å². The average molecular weight is 288 g/mol. The van der Waals surface area contributed by atoms with E-state index >= 15 is 0 Å². The first kappa shape index (κ1) is 12.5. The Morgan fingerprint density at radius 2 is 1.68 bits per heavy atom. The number of benzene rings is 1. The van der Waals surface area contributed by atoms with Gasteiger partial charge in [0.05, 0.1) is 17.6 Å². The third-order valence-corrected chi connectivity index (χ3v) is 3.33. The summed E-state index contributed by atoms with van der Waals surface area (Å²) in [4.78, 5) is 4.71. The lowest BCUT2D eigenvalue weighted by Crippen LogP contribution is -1.95. The second-order valence-corrected chi connectivity index (χ2v) is 4.73. The molecule has 0 spiro atoms. The van der Waals surface area contributed by atoms with E-state index in [1.807, 2.05) is 59.1 Å². The summed E-state index contributed by atoms with van der Waals surface area (Å²) >= 11 is 0. The number of rotatable bonds is 3. The van der Waals surface area contributed by atoms with Gasteiger partial charge in [-0.05, 0) is 12.1 Å². The Hall–Kier alpha value is -3.28. The highest BCUT2D eigenvalue weighted by molar-refractivity contribution is 5.89. The molecule has 3 heterocycles. The standard InChI is InChI=1S/C16H12N6/c1-2-6-13(7-3-1)16-14(10-19-21-11-17-18-12-21)22-9-5-4-8-15(22)20-16/h1-12H/b19-10+. The van der Waals surface area contributed by atoms with Crippen LogP contribution in [0.2, 0.25) is 0 Å². The SMILES string of the molecule is C(=N\n1cnnc1)/c1c(-c2ccccc2)nc2ccccn12. The number of nitrogens with zero attached hydrogens (tertiary/aromatic N) is 6. The zero-order valence-corrected chi connectivity index (χ0v) is 11.6. The summed E-state index contributed by atoms with van der Waals surface area (Å²) in [7, 11) is 0. The van der Waals surface area contributed by atoms with Gasteiger partial charge in [-0.15, -0.1) is 10.2 Å². The Morgan fingerprint density at radius 1 is 0.909 bits per heavy atom. The van der Waals surface area contributed by atoms with E-state index in [-0.39, 0.29) is 0 Å². The van der Waals surface area contributed by atoms with Crippen molar-refractivity contribution in [1.29, 1.82) is 0 Å². The van der Waals surface area contributed by atoms with Crippen LogP contribution in [0.1, 0.15) is 5.69 Å². The molecular formula is C16H12N6. The third kappa shape index (κ3) is 2.16. The van der Waals surface area contributed by atoms with Crippen LogP contribution in [0.25, 0.3) is 16.9 Å².